The molecule has 0 saturated heterocycles. The highest BCUT2D eigenvalue weighted by Gasteiger charge is 2.14. The minimum atomic E-state index is 0.461. The van der Waals surface area contributed by atoms with Gasteiger partial charge in [-0.3, -0.25) is 5.10 Å². The van der Waals surface area contributed by atoms with Crippen molar-refractivity contribution in [3.05, 3.63) is 29.3 Å². The summed E-state index contributed by atoms with van der Waals surface area (Å²) in [5, 5.41) is 7.54. The molecule has 0 aliphatic carbocycles. The molecule has 0 fully saturated rings. The minimum Gasteiger partial charge on any atom is -0.382 e. The second-order valence-corrected chi connectivity index (χ2v) is 4.86. The average molecular weight is 276 g/mol. The van der Waals surface area contributed by atoms with Gasteiger partial charge in [0.1, 0.15) is 11.5 Å². The second kappa shape index (κ2) is 4.59. The first-order valence-electron chi connectivity index (χ1n) is 6.16. The van der Waals surface area contributed by atoms with Crippen LogP contribution in [0.25, 0.3) is 22.6 Å². The van der Waals surface area contributed by atoms with Gasteiger partial charge in [-0.2, -0.15) is 5.10 Å². The molecule has 98 valence electrons. The standard InChI is InChI=1S/C13H14ClN5/c1-2-5-19-11-4-3-8(14)6-9(11)16-13(19)10-7-12(15)18-17-10/h3-4,6-7H,2,5H2,1H3,(H3,15,17,18). The lowest BCUT2D eigenvalue weighted by atomic mass is 10.3. The molecule has 5 nitrogen and oxygen atoms in total. The summed E-state index contributed by atoms with van der Waals surface area (Å²) in [7, 11) is 0. The number of aromatic nitrogens is 4. The Morgan fingerprint density at radius 1 is 1.37 bits per heavy atom. The van der Waals surface area contributed by atoms with Gasteiger partial charge in [-0.25, -0.2) is 4.98 Å². The van der Waals surface area contributed by atoms with Gasteiger partial charge in [0.25, 0.3) is 0 Å². The first-order valence-corrected chi connectivity index (χ1v) is 6.54. The van der Waals surface area contributed by atoms with E-state index in [0.717, 1.165) is 35.5 Å². The zero-order valence-electron chi connectivity index (χ0n) is 10.5. The van der Waals surface area contributed by atoms with E-state index in [0.29, 0.717) is 10.8 Å². The molecule has 2 aromatic heterocycles. The van der Waals surface area contributed by atoms with Gasteiger partial charge in [0, 0.05) is 17.6 Å². The first-order chi connectivity index (χ1) is 9.19. The number of imidazole rings is 1. The van der Waals surface area contributed by atoms with Crippen LogP contribution in [0.3, 0.4) is 0 Å². The summed E-state index contributed by atoms with van der Waals surface area (Å²) < 4.78 is 2.15. The molecule has 0 spiro atoms. The fraction of sp³-hybridized carbons (Fsp3) is 0.231. The lowest BCUT2D eigenvalue weighted by Gasteiger charge is -2.05. The van der Waals surface area contributed by atoms with E-state index >= 15 is 0 Å². The monoisotopic (exact) mass is 275 g/mol. The third kappa shape index (κ3) is 2.06. The number of nitrogens with two attached hydrogens (primary N) is 1. The molecular weight excluding hydrogens is 262 g/mol. The summed E-state index contributed by atoms with van der Waals surface area (Å²) in [6.07, 6.45) is 1.02. The largest absolute Gasteiger partial charge is 0.382 e. The molecule has 0 aliphatic rings. The topological polar surface area (TPSA) is 72.5 Å². The van der Waals surface area contributed by atoms with Gasteiger partial charge < -0.3 is 10.3 Å². The maximum Gasteiger partial charge on any atom is 0.159 e. The summed E-state index contributed by atoms with van der Waals surface area (Å²) in [6, 6.07) is 7.52. The number of rotatable bonds is 3. The smallest absolute Gasteiger partial charge is 0.159 e. The van der Waals surface area contributed by atoms with E-state index < -0.39 is 0 Å². The lowest BCUT2D eigenvalue weighted by molar-refractivity contribution is 0.702. The predicted octanol–water partition coefficient (Wildman–Crippen LogP) is 3.07. The summed E-state index contributed by atoms with van der Waals surface area (Å²) in [5.41, 5.74) is 8.42. The van der Waals surface area contributed by atoms with Crippen molar-refractivity contribution < 1.29 is 0 Å². The van der Waals surface area contributed by atoms with Crippen molar-refractivity contribution in [2.24, 2.45) is 0 Å². The Morgan fingerprint density at radius 2 is 2.21 bits per heavy atom. The number of aryl methyl sites for hydroxylation is 1. The highest BCUT2D eigenvalue weighted by Crippen LogP contribution is 2.26. The van der Waals surface area contributed by atoms with Crippen LogP contribution in [0.4, 0.5) is 5.82 Å². The molecule has 3 aromatic rings. The maximum absolute atomic E-state index is 6.02. The minimum absolute atomic E-state index is 0.461. The fourth-order valence-electron chi connectivity index (χ4n) is 2.21. The highest BCUT2D eigenvalue weighted by atomic mass is 35.5. The van der Waals surface area contributed by atoms with Crippen molar-refractivity contribution in [3.63, 3.8) is 0 Å². The van der Waals surface area contributed by atoms with Crippen molar-refractivity contribution in [2.75, 3.05) is 5.73 Å². The molecule has 2 heterocycles. The summed E-state index contributed by atoms with van der Waals surface area (Å²) in [4.78, 5) is 4.63. The Morgan fingerprint density at radius 3 is 2.89 bits per heavy atom. The Kier molecular flexibility index (Phi) is 2.91. The number of fused-ring (bicyclic) bond motifs is 1. The molecule has 0 bridgehead atoms. The number of H-pyrrole nitrogens is 1. The van der Waals surface area contributed by atoms with Crippen molar-refractivity contribution in [1.29, 1.82) is 0 Å². The van der Waals surface area contributed by atoms with E-state index in [1.54, 1.807) is 6.07 Å². The van der Waals surface area contributed by atoms with Gasteiger partial charge in [0.05, 0.1) is 11.0 Å². The molecule has 3 rings (SSSR count). The molecule has 6 heteroatoms. The van der Waals surface area contributed by atoms with Crippen LogP contribution in [0.2, 0.25) is 5.02 Å². The van der Waals surface area contributed by atoms with E-state index in [1.165, 1.54) is 0 Å². The average Bonchev–Trinajstić information content (AvgIpc) is 2.94. The molecule has 3 N–H and O–H groups in total. The van der Waals surface area contributed by atoms with Crippen molar-refractivity contribution in [1.82, 2.24) is 19.7 Å². The molecule has 0 unspecified atom stereocenters. The number of hydrogen-bond donors (Lipinski definition) is 2. The van der Waals surface area contributed by atoms with Crippen LogP contribution < -0.4 is 5.73 Å². The van der Waals surface area contributed by atoms with Crippen LogP contribution in [0, 0.1) is 0 Å². The van der Waals surface area contributed by atoms with Gasteiger partial charge in [-0.1, -0.05) is 18.5 Å². The molecule has 0 saturated carbocycles. The number of nitrogen functional groups attached to an aromatic ring is 1. The van der Waals surface area contributed by atoms with Gasteiger partial charge in [-0.15, -0.1) is 0 Å². The fourth-order valence-corrected chi connectivity index (χ4v) is 2.38. The molecule has 0 atom stereocenters. The third-order valence-corrected chi connectivity index (χ3v) is 3.23. The van der Waals surface area contributed by atoms with Gasteiger partial charge in [0.2, 0.25) is 0 Å². The quantitative estimate of drug-likeness (QED) is 0.771. The molecule has 0 radical (unpaired) electrons. The first kappa shape index (κ1) is 12.0. The van der Waals surface area contributed by atoms with E-state index in [9.17, 15) is 0 Å². The van der Waals surface area contributed by atoms with Crippen LogP contribution >= 0.6 is 11.6 Å². The molecule has 19 heavy (non-hydrogen) atoms. The van der Waals surface area contributed by atoms with Gasteiger partial charge in [-0.05, 0) is 24.6 Å². The molecule has 0 amide bonds. The Balaban J connectivity index is 2.25. The summed E-state index contributed by atoms with van der Waals surface area (Å²) in [6.45, 7) is 3.01. The third-order valence-electron chi connectivity index (χ3n) is 3.00. The number of aromatic amines is 1. The lowest BCUT2D eigenvalue weighted by Crippen LogP contribution is -1.99. The van der Waals surface area contributed by atoms with E-state index in [2.05, 4.69) is 26.7 Å². The number of anilines is 1. The van der Waals surface area contributed by atoms with E-state index in [4.69, 9.17) is 17.3 Å². The summed E-state index contributed by atoms with van der Waals surface area (Å²) >= 11 is 6.02. The zero-order chi connectivity index (χ0) is 13.4. The second-order valence-electron chi connectivity index (χ2n) is 4.43. The Bertz CT molecular complexity index is 728. The van der Waals surface area contributed by atoms with Crippen LogP contribution in [0.15, 0.2) is 24.3 Å². The van der Waals surface area contributed by atoms with Crippen LogP contribution in [0.5, 0.6) is 0 Å². The highest BCUT2D eigenvalue weighted by molar-refractivity contribution is 6.31. The molecule has 1 aromatic carbocycles. The number of hydrogen-bond acceptors (Lipinski definition) is 3. The zero-order valence-corrected chi connectivity index (χ0v) is 11.3. The Hall–Kier alpha value is -2.01. The molecule has 0 aliphatic heterocycles. The number of halogens is 1. The van der Waals surface area contributed by atoms with Gasteiger partial charge >= 0.3 is 0 Å². The maximum atomic E-state index is 6.02. The van der Waals surface area contributed by atoms with E-state index in [1.807, 2.05) is 18.2 Å². The van der Waals surface area contributed by atoms with Crippen molar-refractivity contribution in [3.8, 4) is 11.5 Å². The van der Waals surface area contributed by atoms with Crippen LogP contribution in [0.1, 0.15) is 13.3 Å². The SMILES string of the molecule is CCCn1c(-c2cc(N)n[nH]2)nc2cc(Cl)ccc21. The number of nitrogens with one attached hydrogen (secondary N) is 1. The normalized spacial score (nSPS) is 11.3. The Labute approximate surface area is 115 Å². The number of benzene rings is 1. The molecular formula is C13H14ClN5. The van der Waals surface area contributed by atoms with Crippen LogP contribution in [-0.2, 0) is 6.54 Å². The van der Waals surface area contributed by atoms with E-state index in [-0.39, 0.29) is 0 Å². The van der Waals surface area contributed by atoms with Gasteiger partial charge in [0.15, 0.2) is 5.82 Å². The van der Waals surface area contributed by atoms with Crippen molar-refractivity contribution in [2.45, 2.75) is 19.9 Å². The predicted molar refractivity (Wildman–Crippen MR) is 77.0 cm³/mol. The van der Waals surface area contributed by atoms with Crippen molar-refractivity contribution >= 4 is 28.5 Å². The summed E-state index contributed by atoms with van der Waals surface area (Å²) in [5.74, 6) is 1.30. The van der Waals surface area contributed by atoms with Crippen LogP contribution in [-0.4, -0.2) is 19.7 Å². The number of nitrogens with zero attached hydrogens (tertiary/aromatic N) is 3.